The van der Waals surface area contributed by atoms with Crippen molar-refractivity contribution in [1.82, 2.24) is 0 Å². The Morgan fingerprint density at radius 1 is 1.25 bits per heavy atom. The highest BCUT2D eigenvalue weighted by Crippen LogP contribution is 2.15. The molecule has 12 heavy (non-hydrogen) atoms. The number of hydrogen-bond acceptors (Lipinski definition) is 3. The Bertz CT molecular complexity index is 334. The summed E-state index contributed by atoms with van der Waals surface area (Å²) in [6.45, 7) is 4.52. The molecule has 0 saturated heterocycles. The predicted molar refractivity (Wildman–Crippen MR) is 43.5 cm³/mol. The second-order valence-electron chi connectivity index (χ2n) is 2.69. The number of ketones is 2. The van der Waals surface area contributed by atoms with Crippen molar-refractivity contribution in [2.75, 3.05) is 0 Å². The maximum absolute atomic E-state index is 10.9. The fraction of sp³-hybridized carbons (Fsp3) is 0.333. The Labute approximate surface area is 70.4 Å². The number of Topliss-reactive ketones (excluding diaryl/α,β-unsaturated/α-hetero) is 2. The minimum Gasteiger partial charge on any atom is -0.458 e. The first-order valence-electron chi connectivity index (χ1n) is 3.64. The largest absolute Gasteiger partial charge is 0.458 e. The van der Waals surface area contributed by atoms with Gasteiger partial charge in [0.2, 0.25) is 0 Å². The van der Waals surface area contributed by atoms with Gasteiger partial charge in [-0.15, -0.1) is 0 Å². The Kier molecular flexibility index (Phi) is 2.13. The fourth-order valence-electron chi connectivity index (χ4n) is 1.01. The summed E-state index contributed by atoms with van der Waals surface area (Å²) in [5.74, 6) is 0.514. The molecule has 1 aromatic rings. The van der Waals surface area contributed by atoms with E-state index < -0.39 is 0 Å². The van der Waals surface area contributed by atoms with Crippen molar-refractivity contribution in [3.63, 3.8) is 0 Å². The van der Waals surface area contributed by atoms with Crippen molar-refractivity contribution in [3.8, 4) is 0 Å². The van der Waals surface area contributed by atoms with Gasteiger partial charge in [0.05, 0.1) is 5.56 Å². The van der Waals surface area contributed by atoms with E-state index in [0.717, 1.165) is 0 Å². The van der Waals surface area contributed by atoms with E-state index in [1.54, 1.807) is 6.92 Å². The smallest absolute Gasteiger partial charge is 0.194 e. The lowest BCUT2D eigenvalue weighted by Crippen LogP contribution is -1.91. The SMILES string of the molecule is CC(=O)c1cc(C(C)=O)c(C)o1. The van der Waals surface area contributed by atoms with Crippen LogP contribution in [0.2, 0.25) is 0 Å². The highest BCUT2D eigenvalue weighted by atomic mass is 16.3. The molecule has 64 valence electrons. The van der Waals surface area contributed by atoms with Crippen LogP contribution in [0.1, 0.15) is 40.5 Å². The van der Waals surface area contributed by atoms with Crippen LogP contribution in [0.3, 0.4) is 0 Å². The Morgan fingerprint density at radius 3 is 2.08 bits per heavy atom. The number of rotatable bonds is 2. The lowest BCUT2D eigenvalue weighted by atomic mass is 10.2. The first-order valence-corrected chi connectivity index (χ1v) is 3.64. The van der Waals surface area contributed by atoms with Crippen molar-refractivity contribution in [3.05, 3.63) is 23.2 Å². The van der Waals surface area contributed by atoms with Gasteiger partial charge in [-0.25, -0.2) is 0 Å². The molecule has 0 N–H and O–H groups in total. The number of carbonyl (C=O) groups is 2. The zero-order valence-corrected chi connectivity index (χ0v) is 7.30. The molecule has 0 aliphatic rings. The van der Waals surface area contributed by atoms with Crippen molar-refractivity contribution in [1.29, 1.82) is 0 Å². The van der Waals surface area contributed by atoms with Crippen LogP contribution < -0.4 is 0 Å². The third-order valence-corrected chi connectivity index (χ3v) is 1.64. The molecule has 3 nitrogen and oxygen atoms in total. The van der Waals surface area contributed by atoms with Gasteiger partial charge in [-0.2, -0.15) is 0 Å². The standard InChI is InChI=1S/C9H10O3/c1-5(10)8-4-9(6(2)11)12-7(8)3/h4H,1-3H3. The van der Waals surface area contributed by atoms with E-state index in [1.165, 1.54) is 19.9 Å². The van der Waals surface area contributed by atoms with E-state index in [4.69, 9.17) is 4.42 Å². The summed E-state index contributed by atoms with van der Waals surface area (Å²) in [6.07, 6.45) is 0. The Morgan fingerprint density at radius 2 is 1.83 bits per heavy atom. The van der Waals surface area contributed by atoms with Gasteiger partial charge in [0.1, 0.15) is 5.76 Å². The van der Waals surface area contributed by atoms with Crippen LogP contribution in [-0.2, 0) is 0 Å². The molecule has 0 radical (unpaired) electrons. The molecular weight excluding hydrogens is 156 g/mol. The molecule has 0 unspecified atom stereocenters. The molecular formula is C9H10O3. The number of furan rings is 1. The molecule has 3 heteroatoms. The first-order chi connectivity index (χ1) is 5.52. The molecule has 0 atom stereocenters. The van der Waals surface area contributed by atoms with Gasteiger partial charge >= 0.3 is 0 Å². The highest BCUT2D eigenvalue weighted by Gasteiger charge is 2.13. The number of carbonyl (C=O) groups excluding carboxylic acids is 2. The van der Waals surface area contributed by atoms with E-state index in [0.29, 0.717) is 11.3 Å². The van der Waals surface area contributed by atoms with Crippen LogP contribution in [0, 0.1) is 6.92 Å². The molecule has 0 bridgehead atoms. The highest BCUT2D eigenvalue weighted by molar-refractivity contribution is 5.99. The average molecular weight is 166 g/mol. The topological polar surface area (TPSA) is 47.3 Å². The van der Waals surface area contributed by atoms with Gasteiger partial charge in [-0.1, -0.05) is 0 Å². The van der Waals surface area contributed by atoms with E-state index in [9.17, 15) is 9.59 Å². The van der Waals surface area contributed by atoms with Gasteiger partial charge in [0, 0.05) is 6.92 Å². The normalized spacial score (nSPS) is 9.92. The molecule has 0 aliphatic carbocycles. The van der Waals surface area contributed by atoms with Crippen LogP contribution in [0.15, 0.2) is 10.5 Å². The zero-order valence-electron chi connectivity index (χ0n) is 7.30. The fourth-order valence-corrected chi connectivity index (χ4v) is 1.01. The monoisotopic (exact) mass is 166 g/mol. The first kappa shape index (κ1) is 8.71. The Balaban J connectivity index is 3.17. The third-order valence-electron chi connectivity index (χ3n) is 1.64. The summed E-state index contributed by atoms with van der Waals surface area (Å²) in [5, 5.41) is 0. The predicted octanol–water partition coefficient (Wildman–Crippen LogP) is 1.99. The zero-order chi connectivity index (χ0) is 9.30. The number of hydrogen-bond donors (Lipinski definition) is 0. The molecule has 0 saturated carbocycles. The van der Waals surface area contributed by atoms with E-state index in [-0.39, 0.29) is 17.3 Å². The van der Waals surface area contributed by atoms with Crippen LogP contribution >= 0.6 is 0 Å². The second kappa shape index (κ2) is 2.93. The second-order valence-corrected chi connectivity index (χ2v) is 2.69. The third kappa shape index (κ3) is 1.44. The van der Waals surface area contributed by atoms with E-state index in [1.807, 2.05) is 0 Å². The van der Waals surface area contributed by atoms with Crippen LogP contribution in [-0.4, -0.2) is 11.6 Å². The van der Waals surface area contributed by atoms with Crippen molar-refractivity contribution in [2.45, 2.75) is 20.8 Å². The maximum Gasteiger partial charge on any atom is 0.194 e. The summed E-state index contributed by atoms with van der Waals surface area (Å²) in [7, 11) is 0. The summed E-state index contributed by atoms with van der Waals surface area (Å²) in [5.41, 5.74) is 0.486. The van der Waals surface area contributed by atoms with Gasteiger partial charge < -0.3 is 4.42 Å². The van der Waals surface area contributed by atoms with Gasteiger partial charge in [-0.05, 0) is 19.9 Å². The van der Waals surface area contributed by atoms with Crippen LogP contribution in [0.4, 0.5) is 0 Å². The van der Waals surface area contributed by atoms with E-state index in [2.05, 4.69) is 0 Å². The lowest BCUT2D eigenvalue weighted by Gasteiger charge is -1.86. The van der Waals surface area contributed by atoms with Gasteiger partial charge in [0.15, 0.2) is 17.3 Å². The molecule has 1 heterocycles. The number of aryl methyl sites for hydroxylation is 1. The van der Waals surface area contributed by atoms with Crippen LogP contribution in [0.25, 0.3) is 0 Å². The average Bonchev–Trinajstić information content (AvgIpc) is 2.30. The molecule has 0 spiro atoms. The molecule has 0 aromatic carbocycles. The molecule has 0 aliphatic heterocycles. The molecule has 1 rings (SSSR count). The van der Waals surface area contributed by atoms with Crippen molar-refractivity contribution < 1.29 is 14.0 Å². The molecule has 0 fully saturated rings. The summed E-state index contributed by atoms with van der Waals surface area (Å²) < 4.78 is 5.07. The van der Waals surface area contributed by atoms with Gasteiger partial charge in [-0.3, -0.25) is 9.59 Å². The minimum absolute atomic E-state index is 0.0799. The van der Waals surface area contributed by atoms with E-state index >= 15 is 0 Å². The molecule has 1 aromatic heterocycles. The minimum atomic E-state index is -0.161. The maximum atomic E-state index is 10.9. The van der Waals surface area contributed by atoms with Crippen LogP contribution in [0.5, 0.6) is 0 Å². The summed E-state index contributed by atoms with van der Waals surface area (Å²) >= 11 is 0. The Hall–Kier alpha value is -1.38. The summed E-state index contributed by atoms with van der Waals surface area (Å²) in [6, 6.07) is 1.49. The lowest BCUT2D eigenvalue weighted by molar-refractivity contribution is 0.0983. The summed E-state index contributed by atoms with van der Waals surface area (Å²) in [4.78, 5) is 21.8. The van der Waals surface area contributed by atoms with Crippen molar-refractivity contribution in [2.24, 2.45) is 0 Å². The quantitative estimate of drug-likeness (QED) is 0.631. The van der Waals surface area contributed by atoms with Crippen molar-refractivity contribution >= 4 is 11.6 Å². The van der Waals surface area contributed by atoms with Gasteiger partial charge in [0.25, 0.3) is 0 Å². The molecule has 0 amide bonds.